The molecular weight excluding hydrogens is 230 g/mol. The number of aliphatic hydroxyl groups is 1. The van der Waals surface area contributed by atoms with Gasteiger partial charge < -0.3 is 14.7 Å². The first-order valence-corrected chi connectivity index (χ1v) is 6.20. The van der Waals surface area contributed by atoms with Crippen LogP contribution in [-0.4, -0.2) is 42.2 Å². The zero-order valence-electron chi connectivity index (χ0n) is 10.8. The molecule has 4 nitrogen and oxygen atoms in total. The van der Waals surface area contributed by atoms with Crippen LogP contribution >= 0.6 is 0 Å². The van der Waals surface area contributed by atoms with Crippen molar-refractivity contribution in [1.29, 1.82) is 0 Å². The Kier molecular flexibility index (Phi) is 3.87. The Labute approximate surface area is 107 Å². The third kappa shape index (κ3) is 2.82. The second-order valence-corrected chi connectivity index (χ2v) is 4.83. The van der Waals surface area contributed by atoms with E-state index in [1.807, 2.05) is 31.2 Å². The Bertz CT molecular complexity index is 410. The number of aliphatic hydroxyl groups excluding tert-OH is 1. The highest BCUT2D eigenvalue weighted by Crippen LogP contribution is 2.23. The van der Waals surface area contributed by atoms with Crippen molar-refractivity contribution < 1.29 is 14.6 Å². The van der Waals surface area contributed by atoms with Gasteiger partial charge in [-0.05, 0) is 23.6 Å². The first kappa shape index (κ1) is 12.9. The van der Waals surface area contributed by atoms with Gasteiger partial charge in [0.1, 0.15) is 5.75 Å². The number of hydrogen-bond acceptors (Lipinski definition) is 3. The van der Waals surface area contributed by atoms with E-state index in [1.165, 1.54) is 0 Å². The zero-order chi connectivity index (χ0) is 13.1. The predicted molar refractivity (Wildman–Crippen MR) is 68.6 cm³/mol. The van der Waals surface area contributed by atoms with Crippen LogP contribution in [0.2, 0.25) is 0 Å². The fourth-order valence-electron chi connectivity index (χ4n) is 2.10. The van der Waals surface area contributed by atoms with Crippen LogP contribution < -0.4 is 4.74 Å². The normalized spacial score (nSPS) is 17.2. The fraction of sp³-hybridized carbons (Fsp3) is 0.500. The summed E-state index contributed by atoms with van der Waals surface area (Å²) in [5, 5.41) is 9.17. The van der Waals surface area contributed by atoms with Gasteiger partial charge in [0.2, 0.25) is 5.91 Å². The summed E-state index contributed by atoms with van der Waals surface area (Å²) in [6.45, 7) is 3.00. The lowest BCUT2D eigenvalue weighted by atomic mass is 9.96. The van der Waals surface area contributed by atoms with Gasteiger partial charge in [0, 0.05) is 19.5 Å². The molecule has 1 fully saturated rings. The van der Waals surface area contributed by atoms with Crippen LogP contribution in [0, 0.1) is 0 Å². The molecule has 1 saturated heterocycles. The number of β-amino-alcohol motifs (C(OH)–C–C–N with tert-alkyl or cyclic N) is 1. The summed E-state index contributed by atoms with van der Waals surface area (Å²) in [5.74, 6) is 1.12. The van der Waals surface area contributed by atoms with E-state index in [2.05, 4.69) is 0 Å². The third-order valence-electron chi connectivity index (χ3n) is 3.38. The summed E-state index contributed by atoms with van der Waals surface area (Å²) in [4.78, 5) is 13.6. The Morgan fingerprint density at radius 1 is 1.44 bits per heavy atom. The summed E-state index contributed by atoms with van der Waals surface area (Å²) in [7, 11) is 1.64. The molecule has 1 aromatic rings. The minimum atomic E-state index is -0.328. The lowest BCUT2D eigenvalue weighted by Gasteiger charge is -2.36. The molecule has 2 rings (SSSR count). The summed E-state index contributed by atoms with van der Waals surface area (Å²) in [5.41, 5.74) is 1.13. The van der Waals surface area contributed by atoms with Crippen LogP contribution in [0.15, 0.2) is 24.3 Å². The smallest absolute Gasteiger partial charge is 0.223 e. The van der Waals surface area contributed by atoms with Gasteiger partial charge in [-0.3, -0.25) is 4.79 Å². The van der Waals surface area contributed by atoms with E-state index in [4.69, 9.17) is 9.84 Å². The van der Waals surface area contributed by atoms with Gasteiger partial charge in [-0.25, -0.2) is 0 Å². The quantitative estimate of drug-likeness (QED) is 0.877. The highest BCUT2D eigenvalue weighted by atomic mass is 16.5. The van der Waals surface area contributed by atoms with Gasteiger partial charge >= 0.3 is 0 Å². The number of methoxy groups -OCH3 is 1. The highest BCUT2D eigenvalue weighted by Gasteiger charge is 2.29. The largest absolute Gasteiger partial charge is 0.497 e. The molecule has 1 heterocycles. The van der Waals surface area contributed by atoms with Crippen molar-refractivity contribution in [3.05, 3.63) is 29.8 Å². The lowest BCUT2D eigenvalue weighted by Crippen LogP contribution is -2.53. The number of hydrogen-bond donors (Lipinski definition) is 1. The van der Waals surface area contributed by atoms with Crippen molar-refractivity contribution in [1.82, 2.24) is 4.90 Å². The van der Waals surface area contributed by atoms with Gasteiger partial charge in [-0.1, -0.05) is 19.1 Å². The first-order chi connectivity index (χ1) is 8.60. The molecule has 0 spiro atoms. The standard InChI is InChI=1S/C14H19NO3/c1-10(7-14(17)15-8-12(16)9-15)11-3-5-13(18-2)6-4-11/h3-6,10,12,16H,7-9H2,1-2H3. The molecule has 0 bridgehead atoms. The van der Waals surface area contributed by atoms with Crippen LogP contribution in [0.5, 0.6) is 5.75 Å². The monoisotopic (exact) mass is 249 g/mol. The first-order valence-electron chi connectivity index (χ1n) is 6.20. The van der Waals surface area contributed by atoms with Crippen molar-refractivity contribution in [3.63, 3.8) is 0 Å². The maximum atomic E-state index is 11.9. The average molecular weight is 249 g/mol. The topological polar surface area (TPSA) is 49.8 Å². The van der Waals surface area contributed by atoms with Crippen LogP contribution in [0.4, 0.5) is 0 Å². The third-order valence-corrected chi connectivity index (χ3v) is 3.38. The zero-order valence-corrected chi connectivity index (χ0v) is 10.8. The number of amides is 1. The van der Waals surface area contributed by atoms with Crippen LogP contribution in [-0.2, 0) is 4.79 Å². The van der Waals surface area contributed by atoms with Gasteiger partial charge in [0.25, 0.3) is 0 Å². The summed E-state index contributed by atoms with van der Waals surface area (Å²) in [6.07, 6.45) is 0.157. The van der Waals surface area contributed by atoms with Crippen molar-refractivity contribution in [2.24, 2.45) is 0 Å². The molecule has 1 amide bonds. The Balaban J connectivity index is 1.90. The molecule has 0 aromatic heterocycles. The Morgan fingerprint density at radius 2 is 2.06 bits per heavy atom. The fourth-order valence-corrected chi connectivity index (χ4v) is 2.10. The van der Waals surface area contributed by atoms with Gasteiger partial charge in [0.05, 0.1) is 13.2 Å². The molecule has 1 aliphatic rings. The minimum absolute atomic E-state index is 0.114. The Hall–Kier alpha value is -1.55. The van der Waals surface area contributed by atoms with Gasteiger partial charge in [0.15, 0.2) is 0 Å². The number of nitrogens with zero attached hydrogens (tertiary/aromatic N) is 1. The molecule has 1 aromatic carbocycles. The van der Waals surface area contributed by atoms with E-state index in [-0.39, 0.29) is 17.9 Å². The Morgan fingerprint density at radius 3 is 2.56 bits per heavy atom. The molecule has 98 valence electrons. The van der Waals surface area contributed by atoms with Gasteiger partial charge in [-0.2, -0.15) is 0 Å². The number of benzene rings is 1. The molecule has 4 heteroatoms. The number of likely N-dealkylation sites (tertiary alicyclic amines) is 1. The summed E-state index contributed by atoms with van der Waals surface area (Å²) >= 11 is 0. The molecule has 0 saturated carbocycles. The summed E-state index contributed by atoms with van der Waals surface area (Å²) < 4.78 is 5.10. The molecule has 18 heavy (non-hydrogen) atoms. The predicted octanol–water partition coefficient (Wildman–Crippen LogP) is 1.39. The van der Waals surface area contributed by atoms with Crippen molar-refractivity contribution >= 4 is 5.91 Å². The van der Waals surface area contributed by atoms with Crippen LogP contribution in [0.1, 0.15) is 24.8 Å². The number of ether oxygens (including phenoxy) is 1. The molecule has 0 radical (unpaired) electrons. The maximum Gasteiger partial charge on any atom is 0.223 e. The highest BCUT2D eigenvalue weighted by molar-refractivity contribution is 5.78. The van der Waals surface area contributed by atoms with Crippen molar-refractivity contribution in [2.75, 3.05) is 20.2 Å². The van der Waals surface area contributed by atoms with E-state index in [0.717, 1.165) is 11.3 Å². The summed E-state index contributed by atoms with van der Waals surface area (Å²) in [6, 6.07) is 7.79. The SMILES string of the molecule is COc1ccc(C(C)CC(=O)N2CC(O)C2)cc1. The van der Waals surface area contributed by atoms with Crippen LogP contribution in [0.3, 0.4) is 0 Å². The average Bonchev–Trinajstić information content (AvgIpc) is 2.35. The molecule has 1 unspecified atom stereocenters. The second-order valence-electron chi connectivity index (χ2n) is 4.83. The van der Waals surface area contributed by atoms with E-state index >= 15 is 0 Å². The van der Waals surface area contributed by atoms with Crippen molar-refractivity contribution in [2.45, 2.75) is 25.4 Å². The number of rotatable bonds is 4. The molecule has 0 aliphatic carbocycles. The van der Waals surface area contributed by atoms with Gasteiger partial charge in [-0.15, -0.1) is 0 Å². The maximum absolute atomic E-state index is 11.9. The number of carbonyl (C=O) groups is 1. The molecule has 1 atom stereocenters. The molecule has 1 N–H and O–H groups in total. The van der Waals surface area contributed by atoms with Crippen molar-refractivity contribution in [3.8, 4) is 5.75 Å². The van der Waals surface area contributed by atoms with E-state index in [9.17, 15) is 4.79 Å². The number of carbonyl (C=O) groups excluding carboxylic acids is 1. The lowest BCUT2D eigenvalue weighted by molar-refractivity contribution is -0.141. The van der Waals surface area contributed by atoms with E-state index < -0.39 is 0 Å². The minimum Gasteiger partial charge on any atom is -0.497 e. The molecular formula is C14H19NO3. The van der Waals surface area contributed by atoms with E-state index in [1.54, 1.807) is 12.0 Å². The molecule has 1 aliphatic heterocycles. The van der Waals surface area contributed by atoms with E-state index in [0.29, 0.717) is 19.5 Å². The second kappa shape index (κ2) is 5.40. The van der Waals surface area contributed by atoms with Crippen LogP contribution in [0.25, 0.3) is 0 Å².